The van der Waals surface area contributed by atoms with Gasteiger partial charge in [0.2, 0.25) is 0 Å². The Morgan fingerprint density at radius 2 is 2.17 bits per heavy atom. The first kappa shape index (κ1) is 13.8. The van der Waals surface area contributed by atoms with Gasteiger partial charge in [-0.2, -0.15) is 11.8 Å². The molecule has 1 heterocycles. The molecule has 18 heavy (non-hydrogen) atoms. The predicted molar refractivity (Wildman–Crippen MR) is 79.5 cm³/mol. The van der Waals surface area contributed by atoms with Gasteiger partial charge in [-0.25, -0.2) is 0 Å². The molecule has 2 nitrogen and oxygen atoms in total. The van der Waals surface area contributed by atoms with Crippen molar-refractivity contribution < 1.29 is 4.74 Å². The smallest absolute Gasteiger partial charge is 0.118 e. The molecule has 1 aromatic rings. The Balaban J connectivity index is 2.10. The van der Waals surface area contributed by atoms with E-state index in [1.165, 1.54) is 29.9 Å². The highest BCUT2D eigenvalue weighted by Gasteiger charge is 2.26. The molecule has 0 bridgehead atoms. The van der Waals surface area contributed by atoms with Crippen molar-refractivity contribution in [2.75, 3.05) is 25.2 Å². The second-order valence-corrected chi connectivity index (χ2v) is 5.98. The fourth-order valence-corrected chi connectivity index (χ4v) is 3.78. The largest absolute Gasteiger partial charge is 0.497 e. The van der Waals surface area contributed by atoms with Gasteiger partial charge in [-0.1, -0.05) is 19.1 Å². The van der Waals surface area contributed by atoms with E-state index in [9.17, 15) is 0 Å². The van der Waals surface area contributed by atoms with Gasteiger partial charge in [0.15, 0.2) is 0 Å². The van der Waals surface area contributed by atoms with Crippen LogP contribution in [-0.2, 0) is 0 Å². The topological polar surface area (TPSA) is 21.3 Å². The number of nitrogens with one attached hydrogen (secondary N) is 1. The fourth-order valence-electron chi connectivity index (χ4n) is 2.48. The summed E-state index contributed by atoms with van der Waals surface area (Å²) in [7, 11) is 1.72. The molecule has 1 N–H and O–H groups in total. The van der Waals surface area contributed by atoms with Crippen LogP contribution in [0.25, 0.3) is 0 Å². The van der Waals surface area contributed by atoms with Crippen LogP contribution < -0.4 is 10.1 Å². The third-order valence-electron chi connectivity index (χ3n) is 3.53. The Morgan fingerprint density at radius 1 is 1.39 bits per heavy atom. The Hall–Kier alpha value is -0.670. The quantitative estimate of drug-likeness (QED) is 0.851. The lowest BCUT2D eigenvalue weighted by Gasteiger charge is -2.25. The van der Waals surface area contributed by atoms with Crippen molar-refractivity contribution in [3.8, 4) is 5.75 Å². The van der Waals surface area contributed by atoms with Crippen molar-refractivity contribution in [3.05, 3.63) is 29.8 Å². The van der Waals surface area contributed by atoms with Crippen LogP contribution in [0.1, 0.15) is 31.4 Å². The first-order valence-electron chi connectivity index (χ1n) is 6.80. The number of benzene rings is 1. The molecular formula is C15H23NOS. The maximum atomic E-state index is 5.23. The van der Waals surface area contributed by atoms with Gasteiger partial charge in [-0.3, -0.25) is 0 Å². The SMILES string of the molecule is CCCNC(c1ccc(OC)cc1)C1CCSC1. The molecule has 0 aliphatic carbocycles. The van der Waals surface area contributed by atoms with Crippen LogP contribution in [0.4, 0.5) is 0 Å². The van der Waals surface area contributed by atoms with E-state index in [1.54, 1.807) is 7.11 Å². The fraction of sp³-hybridized carbons (Fsp3) is 0.600. The summed E-state index contributed by atoms with van der Waals surface area (Å²) in [6.45, 7) is 3.32. The maximum Gasteiger partial charge on any atom is 0.118 e. The van der Waals surface area contributed by atoms with Crippen LogP contribution >= 0.6 is 11.8 Å². The van der Waals surface area contributed by atoms with Crippen LogP contribution in [0.5, 0.6) is 5.75 Å². The summed E-state index contributed by atoms with van der Waals surface area (Å²) in [5.41, 5.74) is 1.40. The zero-order valence-corrected chi connectivity index (χ0v) is 12.1. The van der Waals surface area contributed by atoms with Crippen LogP contribution in [0.15, 0.2) is 24.3 Å². The molecule has 0 spiro atoms. The molecule has 0 radical (unpaired) electrons. The second-order valence-electron chi connectivity index (χ2n) is 4.83. The van der Waals surface area contributed by atoms with E-state index in [2.05, 4.69) is 48.3 Å². The molecule has 1 aliphatic heterocycles. The summed E-state index contributed by atoms with van der Waals surface area (Å²) in [6.07, 6.45) is 2.52. The molecular weight excluding hydrogens is 242 g/mol. The number of thioether (sulfide) groups is 1. The second kappa shape index (κ2) is 7.05. The molecule has 0 saturated carbocycles. The van der Waals surface area contributed by atoms with Crippen molar-refractivity contribution in [3.63, 3.8) is 0 Å². The molecule has 2 rings (SSSR count). The van der Waals surface area contributed by atoms with Crippen molar-refractivity contribution >= 4 is 11.8 Å². The van der Waals surface area contributed by atoms with Crippen LogP contribution in [0.3, 0.4) is 0 Å². The summed E-state index contributed by atoms with van der Waals surface area (Å²) in [4.78, 5) is 0. The average molecular weight is 265 g/mol. The molecule has 3 heteroatoms. The lowest BCUT2D eigenvalue weighted by Crippen LogP contribution is -2.29. The Bertz CT molecular complexity index is 346. The van der Waals surface area contributed by atoms with E-state index < -0.39 is 0 Å². The Labute approximate surface area is 114 Å². The van der Waals surface area contributed by atoms with Gasteiger partial charge in [0.05, 0.1) is 7.11 Å². The lowest BCUT2D eigenvalue weighted by molar-refractivity contribution is 0.391. The zero-order valence-electron chi connectivity index (χ0n) is 11.3. The summed E-state index contributed by atoms with van der Waals surface area (Å²) in [5, 5.41) is 3.71. The first-order valence-corrected chi connectivity index (χ1v) is 7.95. The van der Waals surface area contributed by atoms with Crippen LogP contribution in [0, 0.1) is 5.92 Å². The summed E-state index contributed by atoms with van der Waals surface area (Å²) in [6, 6.07) is 9.05. The normalized spacial score (nSPS) is 20.9. The van der Waals surface area contributed by atoms with E-state index >= 15 is 0 Å². The molecule has 1 aromatic carbocycles. The molecule has 0 aromatic heterocycles. The molecule has 100 valence electrons. The summed E-state index contributed by atoms with van der Waals surface area (Å²) >= 11 is 2.08. The third kappa shape index (κ3) is 3.42. The number of hydrogen-bond donors (Lipinski definition) is 1. The lowest BCUT2D eigenvalue weighted by atomic mass is 9.92. The highest BCUT2D eigenvalue weighted by molar-refractivity contribution is 7.99. The minimum Gasteiger partial charge on any atom is -0.497 e. The van der Waals surface area contributed by atoms with Gasteiger partial charge in [0, 0.05) is 6.04 Å². The average Bonchev–Trinajstić information content (AvgIpc) is 2.94. The van der Waals surface area contributed by atoms with Gasteiger partial charge >= 0.3 is 0 Å². The van der Waals surface area contributed by atoms with E-state index in [0.717, 1.165) is 18.2 Å². The van der Waals surface area contributed by atoms with Crippen LogP contribution in [0.2, 0.25) is 0 Å². The Kier molecular flexibility index (Phi) is 5.39. The number of hydrogen-bond acceptors (Lipinski definition) is 3. The highest BCUT2D eigenvalue weighted by atomic mass is 32.2. The van der Waals surface area contributed by atoms with Crippen molar-refractivity contribution in [2.45, 2.75) is 25.8 Å². The van der Waals surface area contributed by atoms with Crippen LogP contribution in [-0.4, -0.2) is 25.2 Å². The van der Waals surface area contributed by atoms with E-state index in [1.807, 2.05) is 0 Å². The molecule has 1 fully saturated rings. The summed E-state index contributed by atoms with van der Waals surface area (Å²) in [5.74, 6) is 4.31. The van der Waals surface area contributed by atoms with Crippen molar-refractivity contribution in [1.29, 1.82) is 0 Å². The standard InChI is InChI=1S/C15H23NOS/c1-3-9-16-15(13-8-10-18-11-13)12-4-6-14(17-2)7-5-12/h4-7,13,15-16H,3,8-11H2,1-2H3. The maximum absolute atomic E-state index is 5.23. The predicted octanol–water partition coefficient (Wildman–Crippen LogP) is 3.49. The van der Waals surface area contributed by atoms with E-state index in [-0.39, 0.29) is 0 Å². The number of ether oxygens (including phenoxy) is 1. The van der Waals surface area contributed by atoms with E-state index in [0.29, 0.717) is 6.04 Å². The molecule has 0 amide bonds. The van der Waals surface area contributed by atoms with Gasteiger partial charge in [-0.05, 0) is 54.5 Å². The highest BCUT2D eigenvalue weighted by Crippen LogP contribution is 2.34. The van der Waals surface area contributed by atoms with Gasteiger partial charge < -0.3 is 10.1 Å². The van der Waals surface area contributed by atoms with Crippen molar-refractivity contribution in [2.24, 2.45) is 5.92 Å². The third-order valence-corrected chi connectivity index (χ3v) is 4.71. The number of methoxy groups -OCH3 is 1. The molecule has 2 atom stereocenters. The molecule has 1 aliphatic rings. The van der Waals surface area contributed by atoms with Gasteiger partial charge in [0.1, 0.15) is 5.75 Å². The van der Waals surface area contributed by atoms with Crippen molar-refractivity contribution in [1.82, 2.24) is 5.32 Å². The van der Waals surface area contributed by atoms with Gasteiger partial charge in [-0.15, -0.1) is 0 Å². The van der Waals surface area contributed by atoms with E-state index in [4.69, 9.17) is 4.74 Å². The number of rotatable bonds is 6. The Morgan fingerprint density at radius 3 is 2.72 bits per heavy atom. The molecule has 1 saturated heterocycles. The summed E-state index contributed by atoms with van der Waals surface area (Å²) < 4.78 is 5.23. The van der Waals surface area contributed by atoms with Gasteiger partial charge in [0.25, 0.3) is 0 Å². The minimum atomic E-state index is 0.505. The first-order chi connectivity index (χ1) is 8.85. The zero-order chi connectivity index (χ0) is 12.8. The monoisotopic (exact) mass is 265 g/mol. The molecule has 2 unspecified atom stereocenters. The minimum absolute atomic E-state index is 0.505.